The number of amides is 1. The van der Waals surface area contributed by atoms with Crippen molar-refractivity contribution < 1.29 is 14.7 Å². The SMILES string of the molecule is CC(C)(C)NC(=O)CN1C(C(=O)O)CCC2CCCCC21. The quantitative estimate of drug-likeness (QED) is 0.836. The average molecular weight is 296 g/mol. The van der Waals surface area contributed by atoms with Crippen molar-refractivity contribution >= 4 is 11.9 Å². The van der Waals surface area contributed by atoms with Crippen LogP contribution in [0.2, 0.25) is 0 Å². The third kappa shape index (κ3) is 4.19. The van der Waals surface area contributed by atoms with E-state index in [-0.39, 0.29) is 24.0 Å². The van der Waals surface area contributed by atoms with Gasteiger partial charge in [0.1, 0.15) is 6.04 Å². The summed E-state index contributed by atoms with van der Waals surface area (Å²) in [6.45, 7) is 6.03. The molecule has 1 saturated heterocycles. The highest BCUT2D eigenvalue weighted by atomic mass is 16.4. The van der Waals surface area contributed by atoms with Gasteiger partial charge in [0.25, 0.3) is 0 Å². The molecule has 120 valence electrons. The molecule has 0 spiro atoms. The zero-order chi connectivity index (χ0) is 15.6. The first-order valence-electron chi connectivity index (χ1n) is 8.07. The van der Waals surface area contributed by atoms with E-state index in [0.717, 1.165) is 19.3 Å². The number of likely N-dealkylation sites (tertiary alicyclic amines) is 1. The topological polar surface area (TPSA) is 69.6 Å². The van der Waals surface area contributed by atoms with Gasteiger partial charge in [-0.05, 0) is 52.4 Å². The molecule has 0 aromatic heterocycles. The molecule has 0 bridgehead atoms. The van der Waals surface area contributed by atoms with Crippen LogP contribution in [0.3, 0.4) is 0 Å². The average Bonchev–Trinajstić information content (AvgIpc) is 2.36. The van der Waals surface area contributed by atoms with E-state index in [0.29, 0.717) is 12.3 Å². The summed E-state index contributed by atoms with van der Waals surface area (Å²) >= 11 is 0. The standard InChI is InChI=1S/C16H28N2O3/c1-16(2,3)17-14(19)10-18-12-7-5-4-6-11(12)8-9-13(18)15(20)21/h11-13H,4-10H2,1-3H3,(H,17,19)(H,20,21). The number of aliphatic carboxylic acids is 1. The lowest BCUT2D eigenvalue weighted by Gasteiger charge is -2.47. The van der Waals surface area contributed by atoms with Crippen LogP contribution in [0.4, 0.5) is 0 Å². The largest absolute Gasteiger partial charge is 0.480 e. The fraction of sp³-hybridized carbons (Fsp3) is 0.875. The van der Waals surface area contributed by atoms with Gasteiger partial charge < -0.3 is 10.4 Å². The first kappa shape index (κ1) is 16.3. The molecule has 1 amide bonds. The summed E-state index contributed by atoms with van der Waals surface area (Å²) in [6, 6.07) is -0.241. The number of piperidine rings is 1. The van der Waals surface area contributed by atoms with Crippen LogP contribution >= 0.6 is 0 Å². The van der Waals surface area contributed by atoms with E-state index in [9.17, 15) is 14.7 Å². The van der Waals surface area contributed by atoms with Gasteiger partial charge in [-0.2, -0.15) is 0 Å². The second-order valence-electron chi connectivity index (χ2n) is 7.51. The Bertz CT molecular complexity index is 403. The predicted molar refractivity (Wildman–Crippen MR) is 81.0 cm³/mol. The minimum Gasteiger partial charge on any atom is -0.480 e. The fourth-order valence-electron chi connectivity index (χ4n) is 3.85. The highest BCUT2D eigenvalue weighted by Crippen LogP contribution is 2.37. The molecule has 5 heteroatoms. The molecule has 1 aliphatic carbocycles. The Hall–Kier alpha value is -1.10. The van der Waals surface area contributed by atoms with Crippen LogP contribution in [0.1, 0.15) is 59.3 Å². The van der Waals surface area contributed by atoms with Gasteiger partial charge in [0.15, 0.2) is 0 Å². The Morgan fingerprint density at radius 2 is 1.81 bits per heavy atom. The summed E-state index contributed by atoms with van der Waals surface area (Å²) in [5.41, 5.74) is -0.280. The number of carboxylic acid groups (broad SMARTS) is 1. The van der Waals surface area contributed by atoms with E-state index in [1.54, 1.807) is 0 Å². The first-order chi connectivity index (χ1) is 9.78. The maximum absolute atomic E-state index is 12.2. The van der Waals surface area contributed by atoms with Crippen molar-refractivity contribution in [3.05, 3.63) is 0 Å². The molecule has 1 saturated carbocycles. The number of hydrogen-bond donors (Lipinski definition) is 2. The molecule has 2 fully saturated rings. The Labute approximate surface area is 127 Å². The Kier molecular flexibility index (Phi) is 4.91. The summed E-state index contributed by atoms with van der Waals surface area (Å²) < 4.78 is 0. The molecule has 1 aliphatic heterocycles. The van der Waals surface area contributed by atoms with Crippen molar-refractivity contribution in [3.63, 3.8) is 0 Å². The maximum atomic E-state index is 12.2. The second kappa shape index (κ2) is 6.34. The lowest BCUT2D eigenvalue weighted by atomic mass is 9.76. The van der Waals surface area contributed by atoms with Crippen LogP contribution < -0.4 is 5.32 Å². The number of rotatable bonds is 3. The second-order valence-corrected chi connectivity index (χ2v) is 7.51. The smallest absolute Gasteiger partial charge is 0.320 e. The van der Waals surface area contributed by atoms with E-state index in [4.69, 9.17) is 0 Å². The van der Waals surface area contributed by atoms with Gasteiger partial charge in [-0.15, -0.1) is 0 Å². The number of carboxylic acids is 1. The predicted octanol–water partition coefficient (Wildman–Crippen LogP) is 2.01. The van der Waals surface area contributed by atoms with Gasteiger partial charge in [0.05, 0.1) is 6.54 Å². The van der Waals surface area contributed by atoms with Gasteiger partial charge in [0, 0.05) is 11.6 Å². The number of carbonyl (C=O) groups excluding carboxylic acids is 1. The van der Waals surface area contributed by atoms with Gasteiger partial charge in [-0.1, -0.05) is 12.8 Å². The van der Waals surface area contributed by atoms with Crippen molar-refractivity contribution in [1.29, 1.82) is 0 Å². The summed E-state index contributed by atoms with van der Waals surface area (Å²) in [5, 5.41) is 12.4. The van der Waals surface area contributed by atoms with Crippen LogP contribution in [-0.4, -0.2) is 46.1 Å². The molecule has 0 radical (unpaired) electrons. The summed E-state index contributed by atoms with van der Waals surface area (Å²) in [4.78, 5) is 25.7. The van der Waals surface area contributed by atoms with E-state index < -0.39 is 12.0 Å². The summed E-state index contributed by atoms with van der Waals surface area (Å²) in [5.74, 6) is -0.292. The van der Waals surface area contributed by atoms with Crippen LogP contribution in [0, 0.1) is 5.92 Å². The van der Waals surface area contributed by atoms with E-state index in [1.807, 2.05) is 25.7 Å². The minimum absolute atomic E-state index is 0.0695. The van der Waals surface area contributed by atoms with Crippen molar-refractivity contribution in [2.45, 2.75) is 76.9 Å². The Morgan fingerprint density at radius 3 is 2.43 bits per heavy atom. The summed E-state index contributed by atoms with van der Waals surface area (Å²) in [6.07, 6.45) is 6.23. The minimum atomic E-state index is -0.789. The molecule has 2 N–H and O–H groups in total. The normalized spacial score (nSPS) is 30.5. The molecule has 0 aromatic carbocycles. The molecule has 2 rings (SSSR count). The zero-order valence-corrected chi connectivity index (χ0v) is 13.4. The van der Waals surface area contributed by atoms with Crippen molar-refractivity contribution in [2.75, 3.05) is 6.54 Å². The van der Waals surface area contributed by atoms with E-state index in [2.05, 4.69) is 5.32 Å². The lowest BCUT2D eigenvalue weighted by molar-refractivity contribution is -0.149. The summed E-state index contributed by atoms with van der Waals surface area (Å²) in [7, 11) is 0. The Morgan fingerprint density at radius 1 is 1.14 bits per heavy atom. The van der Waals surface area contributed by atoms with Crippen molar-refractivity contribution in [2.24, 2.45) is 5.92 Å². The number of carbonyl (C=O) groups is 2. The molecule has 0 aromatic rings. The highest BCUT2D eigenvalue weighted by Gasteiger charge is 2.42. The molecule has 5 nitrogen and oxygen atoms in total. The first-order valence-corrected chi connectivity index (χ1v) is 8.07. The van der Waals surface area contributed by atoms with Gasteiger partial charge >= 0.3 is 5.97 Å². The molecule has 3 atom stereocenters. The lowest BCUT2D eigenvalue weighted by Crippen LogP contribution is -2.58. The van der Waals surface area contributed by atoms with Crippen LogP contribution in [0.5, 0.6) is 0 Å². The molecule has 1 heterocycles. The van der Waals surface area contributed by atoms with E-state index in [1.165, 1.54) is 12.8 Å². The third-order valence-electron chi connectivity index (χ3n) is 4.63. The molecular weight excluding hydrogens is 268 g/mol. The molecule has 21 heavy (non-hydrogen) atoms. The van der Waals surface area contributed by atoms with Crippen molar-refractivity contribution in [3.8, 4) is 0 Å². The van der Waals surface area contributed by atoms with Gasteiger partial charge in [-0.25, -0.2) is 0 Å². The number of nitrogens with one attached hydrogen (secondary N) is 1. The maximum Gasteiger partial charge on any atom is 0.320 e. The number of hydrogen-bond acceptors (Lipinski definition) is 3. The van der Waals surface area contributed by atoms with Crippen LogP contribution in [-0.2, 0) is 9.59 Å². The third-order valence-corrected chi connectivity index (χ3v) is 4.63. The molecule has 3 unspecified atom stereocenters. The molecular formula is C16H28N2O3. The fourth-order valence-corrected chi connectivity index (χ4v) is 3.85. The van der Waals surface area contributed by atoms with Gasteiger partial charge in [0.2, 0.25) is 5.91 Å². The zero-order valence-electron chi connectivity index (χ0n) is 13.4. The van der Waals surface area contributed by atoms with E-state index >= 15 is 0 Å². The van der Waals surface area contributed by atoms with Gasteiger partial charge in [-0.3, -0.25) is 14.5 Å². The van der Waals surface area contributed by atoms with Crippen LogP contribution in [0.15, 0.2) is 0 Å². The Balaban J connectivity index is 2.09. The number of fused-ring (bicyclic) bond motifs is 1. The van der Waals surface area contributed by atoms with Crippen molar-refractivity contribution in [1.82, 2.24) is 10.2 Å². The molecule has 2 aliphatic rings. The highest BCUT2D eigenvalue weighted by molar-refractivity contribution is 5.80. The van der Waals surface area contributed by atoms with Crippen LogP contribution in [0.25, 0.3) is 0 Å². The number of nitrogens with zero attached hydrogens (tertiary/aromatic N) is 1. The monoisotopic (exact) mass is 296 g/mol.